The van der Waals surface area contributed by atoms with Crippen LogP contribution in [0.2, 0.25) is 0 Å². The average molecular weight is 257 g/mol. The van der Waals surface area contributed by atoms with E-state index in [4.69, 9.17) is 0 Å². The number of nitrogens with zero attached hydrogens (tertiary/aromatic N) is 2. The number of thiophene rings is 1. The summed E-state index contributed by atoms with van der Waals surface area (Å²) in [5, 5.41) is 7.71. The Labute approximate surface area is 111 Å². The molecule has 4 heteroatoms. The lowest BCUT2D eigenvalue weighted by Gasteiger charge is -2.16. The third-order valence-corrected chi connectivity index (χ3v) is 3.90. The van der Waals surface area contributed by atoms with Gasteiger partial charge >= 0.3 is 0 Å². The molecule has 3 nitrogen and oxygen atoms in total. The van der Waals surface area contributed by atoms with E-state index in [1.165, 1.54) is 11.1 Å². The van der Waals surface area contributed by atoms with Crippen LogP contribution in [-0.4, -0.2) is 23.9 Å². The van der Waals surface area contributed by atoms with Gasteiger partial charge in [-0.25, -0.2) is 0 Å². The molecule has 0 bridgehead atoms. The molecule has 1 atom stereocenters. The molecule has 0 spiro atoms. The van der Waals surface area contributed by atoms with Gasteiger partial charge in [0.2, 0.25) is 0 Å². The molecule has 3 rings (SSSR count). The summed E-state index contributed by atoms with van der Waals surface area (Å²) in [6, 6.07) is 6.39. The van der Waals surface area contributed by atoms with Crippen LogP contribution in [0.15, 0.2) is 46.3 Å². The summed E-state index contributed by atoms with van der Waals surface area (Å²) in [6.07, 6.45) is 4.66. The second-order valence-corrected chi connectivity index (χ2v) is 5.13. The van der Waals surface area contributed by atoms with E-state index in [9.17, 15) is 0 Å². The lowest BCUT2D eigenvalue weighted by atomic mass is 9.90. The van der Waals surface area contributed by atoms with E-state index in [1.807, 2.05) is 12.4 Å². The lowest BCUT2D eigenvalue weighted by Crippen LogP contribution is -2.21. The molecule has 0 saturated carbocycles. The molecule has 0 radical (unpaired) electrons. The molecule has 0 amide bonds. The number of amidine groups is 1. The van der Waals surface area contributed by atoms with Gasteiger partial charge in [-0.1, -0.05) is 0 Å². The van der Waals surface area contributed by atoms with Gasteiger partial charge in [0.05, 0.1) is 12.4 Å². The van der Waals surface area contributed by atoms with Crippen LogP contribution < -0.4 is 5.32 Å². The van der Waals surface area contributed by atoms with Crippen molar-refractivity contribution in [3.8, 4) is 0 Å². The number of nitrogens with one attached hydrogen (secondary N) is 1. The standard InChI is InChI=1S/C14H15N3S/c1-4-15-5-2-11(1)13(12-3-8-18-10-12)9-14-16-6-7-17-14/h1-5,8,10,13H,6-7,9H2,(H,16,17)/t13-/m0/s1. The van der Waals surface area contributed by atoms with Crippen molar-refractivity contribution in [2.45, 2.75) is 12.3 Å². The van der Waals surface area contributed by atoms with Crippen LogP contribution in [0.3, 0.4) is 0 Å². The number of aromatic nitrogens is 1. The predicted molar refractivity (Wildman–Crippen MR) is 75.3 cm³/mol. The first-order valence-corrected chi connectivity index (χ1v) is 7.07. The van der Waals surface area contributed by atoms with Crippen LogP contribution in [0.4, 0.5) is 0 Å². The maximum Gasteiger partial charge on any atom is 0.0974 e. The Morgan fingerprint density at radius 2 is 2.11 bits per heavy atom. The van der Waals surface area contributed by atoms with Crippen molar-refractivity contribution in [3.63, 3.8) is 0 Å². The Hall–Kier alpha value is -1.68. The van der Waals surface area contributed by atoms with Gasteiger partial charge in [-0.05, 0) is 40.1 Å². The molecule has 0 saturated heterocycles. The minimum atomic E-state index is 0.378. The summed E-state index contributed by atoms with van der Waals surface area (Å²) in [7, 11) is 0. The molecule has 0 aromatic carbocycles. The molecule has 1 N–H and O–H groups in total. The van der Waals surface area contributed by atoms with Crippen molar-refractivity contribution >= 4 is 17.2 Å². The van der Waals surface area contributed by atoms with Gasteiger partial charge in [0.1, 0.15) is 0 Å². The van der Waals surface area contributed by atoms with Gasteiger partial charge in [-0.2, -0.15) is 11.3 Å². The van der Waals surface area contributed by atoms with Gasteiger partial charge in [0.15, 0.2) is 0 Å². The van der Waals surface area contributed by atoms with Crippen LogP contribution in [-0.2, 0) is 0 Å². The van der Waals surface area contributed by atoms with E-state index in [2.05, 4.69) is 44.3 Å². The summed E-state index contributed by atoms with van der Waals surface area (Å²) in [5.74, 6) is 1.51. The predicted octanol–water partition coefficient (Wildman–Crippen LogP) is 2.67. The van der Waals surface area contributed by atoms with Gasteiger partial charge in [0.25, 0.3) is 0 Å². The van der Waals surface area contributed by atoms with Crippen molar-refractivity contribution < 1.29 is 0 Å². The summed E-state index contributed by atoms with van der Waals surface area (Å²) < 4.78 is 0. The summed E-state index contributed by atoms with van der Waals surface area (Å²) >= 11 is 1.74. The highest BCUT2D eigenvalue weighted by Gasteiger charge is 2.18. The van der Waals surface area contributed by atoms with E-state index in [1.54, 1.807) is 11.3 Å². The Morgan fingerprint density at radius 1 is 1.22 bits per heavy atom. The van der Waals surface area contributed by atoms with Crippen LogP contribution >= 0.6 is 11.3 Å². The molecule has 3 heterocycles. The molecule has 0 aliphatic carbocycles. The minimum Gasteiger partial charge on any atom is -0.372 e. The highest BCUT2D eigenvalue weighted by molar-refractivity contribution is 7.08. The minimum absolute atomic E-state index is 0.378. The monoisotopic (exact) mass is 257 g/mol. The second kappa shape index (κ2) is 5.31. The topological polar surface area (TPSA) is 37.3 Å². The first-order valence-electron chi connectivity index (χ1n) is 6.13. The van der Waals surface area contributed by atoms with Crippen LogP contribution in [0.25, 0.3) is 0 Å². The highest BCUT2D eigenvalue weighted by atomic mass is 32.1. The number of pyridine rings is 1. The zero-order chi connectivity index (χ0) is 12.2. The van der Waals surface area contributed by atoms with Crippen molar-refractivity contribution in [1.82, 2.24) is 10.3 Å². The van der Waals surface area contributed by atoms with Crippen molar-refractivity contribution in [2.24, 2.45) is 4.99 Å². The molecular weight excluding hydrogens is 242 g/mol. The van der Waals surface area contributed by atoms with E-state index in [0.717, 1.165) is 25.3 Å². The third kappa shape index (κ3) is 2.43. The van der Waals surface area contributed by atoms with E-state index >= 15 is 0 Å². The fourth-order valence-electron chi connectivity index (χ4n) is 2.27. The molecular formula is C14H15N3S. The first kappa shape index (κ1) is 11.4. The Morgan fingerprint density at radius 3 is 2.78 bits per heavy atom. The van der Waals surface area contributed by atoms with E-state index in [-0.39, 0.29) is 0 Å². The Kier molecular flexibility index (Phi) is 3.37. The zero-order valence-electron chi connectivity index (χ0n) is 10.0. The molecule has 1 aliphatic heterocycles. The maximum absolute atomic E-state index is 4.50. The Bertz CT molecular complexity index is 519. The molecule has 2 aromatic rings. The van der Waals surface area contributed by atoms with Gasteiger partial charge in [-0.3, -0.25) is 9.98 Å². The van der Waals surface area contributed by atoms with Crippen molar-refractivity contribution in [3.05, 3.63) is 52.5 Å². The Balaban J connectivity index is 1.89. The fraction of sp³-hybridized carbons (Fsp3) is 0.286. The molecule has 1 aliphatic rings. The highest BCUT2D eigenvalue weighted by Crippen LogP contribution is 2.29. The average Bonchev–Trinajstić information content (AvgIpc) is 3.10. The number of rotatable bonds is 4. The van der Waals surface area contributed by atoms with E-state index < -0.39 is 0 Å². The SMILES string of the molecule is c1cc([C@H](CC2=NCCN2)c2ccsc2)ccn1. The lowest BCUT2D eigenvalue weighted by molar-refractivity contribution is 0.835. The van der Waals surface area contributed by atoms with Crippen LogP contribution in [0.5, 0.6) is 0 Å². The van der Waals surface area contributed by atoms with Gasteiger partial charge in [-0.15, -0.1) is 0 Å². The summed E-state index contributed by atoms with van der Waals surface area (Å²) in [4.78, 5) is 8.60. The van der Waals surface area contributed by atoms with Gasteiger partial charge < -0.3 is 5.32 Å². The third-order valence-electron chi connectivity index (χ3n) is 3.20. The quantitative estimate of drug-likeness (QED) is 0.914. The molecule has 0 unspecified atom stereocenters. The molecule has 18 heavy (non-hydrogen) atoms. The first-order chi connectivity index (χ1) is 8.93. The summed E-state index contributed by atoms with van der Waals surface area (Å²) in [5.41, 5.74) is 2.67. The fourth-order valence-corrected chi connectivity index (χ4v) is 2.99. The number of aliphatic imine (C=N–C) groups is 1. The van der Waals surface area contributed by atoms with Crippen LogP contribution in [0, 0.1) is 0 Å². The number of hydrogen-bond acceptors (Lipinski definition) is 4. The summed E-state index contributed by atoms with van der Waals surface area (Å²) in [6.45, 7) is 1.88. The largest absolute Gasteiger partial charge is 0.372 e. The zero-order valence-corrected chi connectivity index (χ0v) is 10.9. The second-order valence-electron chi connectivity index (χ2n) is 4.35. The van der Waals surface area contributed by atoms with Crippen molar-refractivity contribution in [2.75, 3.05) is 13.1 Å². The molecule has 2 aromatic heterocycles. The smallest absolute Gasteiger partial charge is 0.0974 e. The van der Waals surface area contributed by atoms with Crippen LogP contribution in [0.1, 0.15) is 23.5 Å². The van der Waals surface area contributed by atoms with Crippen molar-refractivity contribution in [1.29, 1.82) is 0 Å². The number of hydrogen-bond donors (Lipinski definition) is 1. The normalized spacial score (nSPS) is 16.1. The van der Waals surface area contributed by atoms with E-state index in [0.29, 0.717) is 5.92 Å². The molecule has 0 fully saturated rings. The van der Waals surface area contributed by atoms with Gasteiger partial charge in [0, 0.05) is 31.3 Å². The molecule has 92 valence electrons. The maximum atomic E-state index is 4.50.